The van der Waals surface area contributed by atoms with E-state index in [1.165, 1.54) is 7.11 Å². The number of nitrogens with zero attached hydrogens (tertiary/aromatic N) is 4. The highest BCUT2D eigenvalue weighted by Gasteiger charge is 2.24. The van der Waals surface area contributed by atoms with Crippen molar-refractivity contribution in [1.82, 2.24) is 19.7 Å². The van der Waals surface area contributed by atoms with E-state index in [2.05, 4.69) is 15.1 Å². The molecule has 0 saturated carbocycles. The number of aromatic nitrogens is 4. The number of hydrogen-bond donors (Lipinski definition) is 0. The average molecular weight is 468 g/mol. The first kappa shape index (κ1) is 21.1. The average Bonchev–Trinajstić information content (AvgIpc) is 3.56. The third-order valence-electron chi connectivity index (χ3n) is 5.54. The summed E-state index contributed by atoms with van der Waals surface area (Å²) in [4.78, 5) is 35.3. The second kappa shape index (κ2) is 8.32. The standard InChI is InChI=1S/C22H20N4O6S/c1-11-17-20(23-15-5-4-8-26(15)21(17)27)33-18(11)22(28)31-10-16-24-19(25-32-16)13-7-6-12(29-2)9-14(13)30-3/h6-7,9H,4-5,8,10H2,1-3H3. The second-order valence-electron chi connectivity index (χ2n) is 7.48. The molecular weight excluding hydrogens is 448 g/mol. The number of rotatable bonds is 6. The van der Waals surface area contributed by atoms with Gasteiger partial charge in [-0.1, -0.05) is 5.16 Å². The van der Waals surface area contributed by atoms with E-state index >= 15 is 0 Å². The van der Waals surface area contributed by atoms with E-state index in [4.69, 9.17) is 18.7 Å². The summed E-state index contributed by atoms with van der Waals surface area (Å²) in [6.45, 7) is 2.19. The van der Waals surface area contributed by atoms with Gasteiger partial charge in [0, 0.05) is 19.0 Å². The number of ether oxygens (including phenoxy) is 3. The summed E-state index contributed by atoms with van der Waals surface area (Å²) in [5.41, 5.74) is 1.09. The quantitative estimate of drug-likeness (QED) is 0.393. The van der Waals surface area contributed by atoms with Crippen molar-refractivity contribution in [3.05, 3.63) is 50.7 Å². The molecule has 0 radical (unpaired) electrons. The first-order chi connectivity index (χ1) is 16.0. The number of methoxy groups -OCH3 is 2. The number of carbonyl (C=O) groups is 1. The van der Waals surface area contributed by atoms with Gasteiger partial charge in [0.25, 0.3) is 11.4 Å². The van der Waals surface area contributed by atoms with Gasteiger partial charge in [0.2, 0.25) is 5.82 Å². The van der Waals surface area contributed by atoms with Crippen LogP contribution in [-0.4, -0.2) is 39.9 Å². The van der Waals surface area contributed by atoms with Crippen LogP contribution < -0.4 is 15.0 Å². The molecule has 170 valence electrons. The Labute approximate surface area is 191 Å². The Kier molecular flexibility index (Phi) is 5.33. The Bertz CT molecular complexity index is 1440. The van der Waals surface area contributed by atoms with Crippen molar-refractivity contribution < 1.29 is 23.5 Å². The molecule has 0 atom stereocenters. The molecule has 0 aliphatic carbocycles. The van der Waals surface area contributed by atoms with Crippen LogP contribution in [0.15, 0.2) is 27.5 Å². The molecule has 0 amide bonds. The van der Waals surface area contributed by atoms with E-state index in [1.807, 2.05) is 0 Å². The van der Waals surface area contributed by atoms with Gasteiger partial charge in [0.15, 0.2) is 6.61 Å². The molecule has 3 aromatic heterocycles. The Morgan fingerprint density at radius 2 is 2.09 bits per heavy atom. The van der Waals surface area contributed by atoms with Crippen LogP contribution in [-0.2, 0) is 24.3 Å². The molecule has 0 bridgehead atoms. The lowest BCUT2D eigenvalue weighted by Crippen LogP contribution is -2.20. The molecule has 0 spiro atoms. The topological polar surface area (TPSA) is 119 Å². The first-order valence-electron chi connectivity index (χ1n) is 10.2. The second-order valence-corrected chi connectivity index (χ2v) is 8.48. The normalized spacial score (nSPS) is 12.7. The van der Waals surface area contributed by atoms with Gasteiger partial charge in [-0.15, -0.1) is 11.3 Å². The molecule has 11 heteroatoms. The van der Waals surface area contributed by atoms with Crippen LogP contribution in [0.1, 0.15) is 33.4 Å². The first-order valence-corrected chi connectivity index (χ1v) is 11.1. The maximum atomic E-state index is 12.8. The minimum Gasteiger partial charge on any atom is -0.497 e. The van der Waals surface area contributed by atoms with Crippen LogP contribution in [0.3, 0.4) is 0 Å². The predicted octanol–water partition coefficient (Wildman–Crippen LogP) is 3.14. The van der Waals surface area contributed by atoms with Crippen molar-refractivity contribution in [3.8, 4) is 22.9 Å². The Hall–Kier alpha value is -3.73. The molecule has 10 nitrogen and oxygen atoms in total. The smallest absolute Gasteiger partial charge is 0.349 e. The zero-order chi connectivity index (χ0) is 23.1. The summed E-state index contributed by atoms with van der Waals surface area (Å²) in [6, 6.07) is 5.22. The van der Waals surface area contributed by atoms with E-state index in [-0.39, 0.29) is 18.1 Å². The van der Waals surface area contributed by atoms with Crippen molar-refractivity contribution in [2.24, 2.45) is 0 Å². The van der Waals surface area contributed by atoms with Crippen LogP contribution in [0.4, 0.5) is 0 Å². The minimum atomic E-state index is -0.568. The zero-order valence-electron chi connectivity index (χ0n) is 18.2. The number of carbonyl (C=O) groups excluding carboxylic acids is 1. The Morgan fingerprint density at radius 1 is 1.24 bits per heavy atom. The fourth-order valence-electron chi connectivity index (χ4n) is 3.87. The number of aryl methyl sites for hydroxylation is 2. The number of thiophene rings is 1. The van der Waals surface area contributed by atoms with Crippen molar-refractivity contribution in [3.63, 3.8) is 0 Å². The van der Waals surface area contributed by atoms with E-state index in [0.29, 0.717) is 50.1 Å². The van der Waals surface area contributed by atoms with E-state index < -0.39 is 5.97 Å². The molecule has 0 unspecified atom stereocenters. The van der Waals surface area contributed by atoms with Crippen molar-refractivity contribution in [2.45, 2.75) is 32.9 Å². The molecule has 1 aromatic carbocycles. The maximum absolute atomic E-state index is 12.8. The SMILES string of the molecule is COc1ccc(-c2noc(COC(=O)c3sc4nc5n(c(=O)c4c3C)CCC5)n2)c(OC)c1. The molecule has 0 N–H and O–H groups in total. The lowest BCUT2D eigenvalue weighted by molar-refractivity contribution is 0.0435. The van der Waals surface area contributed by atoms with Gasteiger partial charge in [-0.3, -0.25) is 9.36 Å². The lowest BCUT2D eigenvalue weighted by atomic mass is 10.2. The number of hydrogen-bond acceptors (Lipinski definition) is 10. The molecule has 0 saturated heterocycles. The van der Waals surface area contributed by atoms with E-state index in [0.717, 1.165) is 30.0 Å². The summed E-state index contributed by atoms with van der Waals surface area (Å²) in [6.07, 6.45) is 1.67. The maximum Gasteiger partial charge on any atom is 0.349 e. The van der Waals surface area contributed by atoms with E-state index in [9.17, 15) is 9.59 Å². The Balaban J connectivity index is 1.35. The molecule has 1 aliphatic rings. The molecule has 5 rings (SSSR count). The molecule has 4 aromatic rings. The largest absolute Gasteiger partial charge is 0.497 e. The van der Waals surface area contributed by atoms with Crippen molar-refractivity contribution >= 4 is 27.5 Å². The summed E-state index contributed by atoms with van der Waals surface area (Å²) in [5, 5.41) is 4.43. The third-order valence-corrected chi connectivity index (χ3v) is 6.71. The van der Waals surface area contributed by atoms with Gasteiger partial charge in [-0.05, 0) is 31.0 Å². The van der Waals surface area contributed by atoms with E-state index in [1.54, 1.807) is 36.8 Å². The fraction of sp³-hybridized carbons (Fsp3) is 0.318. The molecule has 1 aliphatic heterocycles. The van der Waals surface area contributed by atoms with Crippen LogP contribution in [0.25, 0.3) is 21.6 Å². The number of esters is 1. The van der Waals surface area contributed by atoms with Gasteiger partial charge in [0.05, 0.1) is 25.2 Å². The van der Waals surface area contributed by atoms with Crippen molar-refractivity contribution in [1.29, 1.82) is 0 Å². The summed E-state index contributed by atoms with van der Waals surface area (Å²) in [7, 11) is 3.09. The predicted molar refractivity (Wildman–Crippen MR) is 119 cm³/mol. The Morgan fingerprint density at radius 3 is 2.88 bits per heavy atom. The number of benzene rings is 1. The highest BCUT2D eigenvalue weighted by atomic mass is 32.1. The summed E-state index contributed by atoms with van der Waals surface area (Å²) < 4.78 is 22.9. The van der Waals surface area contributed by atoms with Crippen LogP contribution >= 0.6 is 11.3 Å². The van der Waals surface area contributed by atoms with Crippen LogP contribution in [0.2, 0.25) is 0 Å². The molecular formula is C22H20N4O6S. The van der Waals surface area contributed by atoms with Gasteiger partial charge >= 0.3 is 5.97 Å². The summed E-state index contributed by atoms with van der Waals surface area (Å²) >= 11 is 1.16. The lowest BCUT2D eigenvalue weighted by Gasteiger charge is -2.07. The molecule has 33 heavy (non-hydrogen) atoms. The van der Waals surface area contributed by atoms with Gasteiger partial charge in [-0.2, -0.15) is 4.98 Å². The minimum absolute atomic E-state index is 0.102. The van der Waals surface area contributed by atoms with Crippen LogP contribution in [0, 0.1) is 6.92 Å². The fourth-order valence-corrected chi connectivity index (χ4v) is 4.95. The van der Waals surface area contributed by atoms with Gasteiger partial charge < -0.3 is 18.7 Å². The zero-order valence-corrected chi connectivity index (χ0v) is 19.0. The highest BCUT2D eigenvalue weighted by Crippen LogP contribution is 2.32. The number of fused-ring (bicyclic) bond motifs is 2. The van der Waals surface area contributed by atoms with Gasteiger partial charge in [0.1, 0.15) is 27.0 Å². The third kappa shape index (κ3) is 3.63. The monoisotopic (exact) mass is 468 g/mol. The van der Waals surface area contributed by atoms with Gasteiger partial charge in [-0.25, -0.2) is 9.78 Å². The molecule has 4 heterocycles. The van der Waals surface area contributed by atoms with Crippen molar-refractivity contribution in [2.75, 3.05) is 14.2 Å². The van der Waals surface area contributed by atoms with Crippen LogP contribution in [0.5, 0.6) is 11.5 Å². The molecule has 0 fully saturated rings. The highest BCUT2D eigenvalue weighted by molar-refractivity contribution is 7.20. The summed E-state index contributed by atoms with van der Waals surface area (Å²) in [5.74, 6) is 1.77.